The molecule has 9 heteroatoms. The molecule has 0 radical (unpaired) electrons. The van der Waals surface area contributed by atoms with Crippen molar-refractivity contribution >= 4 is 28.3 Å². The number of nitrogens with one attached hydrogen (secondary N) is 2. The molecule has 2 fully saturated rings. The average Bonchev–Trinajstić information content (AvgIpc) is 3.37. The number of pyridine rings is 2. The molecule has 3 aromatic heterocycles. The van der Waals surface area contributed by atoms with E-state index in [1.54, 1.807) is 18.3 Å². The predicted octanol–water partition coefficient (Wildman–Crippen LogP) is 4.19. The number of amides is 1. The minimum atomic E-state index is -0.203. The van der Waals surface area contributed by atoms with E-state index < -0.39 is 0 Å². The van der Waals surface area contributed by atoms with E-state index in [4.69, 9.17) is 4.98 Å². The molecule has 2 saturated heterocycles. The summed E-state index contributed by atoms with van der Waals surface area (Å²) < 4.78 is 1.93. The zero-order valence-corrected chi connectivity index (χ0v) is 22.9. The van der Waals surface area contributed by atoms with Crippen molar-refractivity contribution in [2.75, 3.05) is 31.5 Å². The Labute approximate surface area is 234 Å². The number of likely N-dealkylation sites (tertiary alicyclic amines) is 1. The topological polar surface area (TPSA) is 105 Å². The van der Waals surface area contributed by atoms with Gasteiger partial charge in [0.15, 0.2) is 0 Å². The van der Waals surface area contributed by atoms with Crippen molar-refractivity contribution in [2.24, 2.45) is 13.0 Å². The van der Waals surface area contributed by atoms with Gasteiger partial charge >= 0.3 is 0 Å². The molecule has 1 aromatic carbocycles. The first-order valence-corrected chi connectivity index (χ1v) is 14.2. The Bertz CT molecular complexity index is 1520. The van der Waals surface area contributed by atoms with Crippen molar-refractivity contribution < 1.29 is 9.59 Å². The van der Waals surface area contributed by atoms with Crippen LogP contribution in [-0.2, 0) is 18.4 Å². The highest BCUT2D eigenvalue weighted by Gasteiger charge is 2.24. The van der Waals surface area contributed by atoms with E-state index in [9.17, 15) is 9.59 Å². The number of benzene rings is 1. The zero-order chi connectivity index (χ0) is 27.5. The second-order valence-electron chi connectivity index (χ2n) is 10.8. The summed E-state index contributed by atoms with van der Waals surface area (Å²) in [5, 5.41) is 12.3. The van der Waals surface area contributed by atoms with Crippen LogP contribution in [0.2, 0.25) is 0 Å². The minimum Gasteiger partial charge on any atom is -0.317 e. The number of ketones is 1. The molecule has 9 nitrogen and oxygen atoms in total. The van der Waals surface area contributed by atoms with E-state index in [-0.39, 0.29) is 23.3 Å². The van der Waals surface area contributed by atoms with Crippen molar-refractivity contribution in [1.29, 1.82) is 0 Å². The Morgan fingerprint density at radius 1 is 1.02 bits per heavy atom. The predicted molar refractivity (Wildman–Crippen MR) is 155 cm³/mol. The van der Waals surface area contributed by atoms with Crippen LogP contribution in [0.25, 0.3) is 22.0 Å². The van der Waals surface area contributed by atoms with Gasteiger partial charge in [0.25, 0.3) is 0 Å². The molecule has 40 heavy (non-hydrogen) atoms. The van der Waals surface area contributed by atoms with E-state index in [2.05, 4.69) is 25.6 Å². The number of aromatic nitrogens is 4. The van der Waals surface area contributed by atoms with Crippen LogP contribution < -0.4 is 10.6 Å². The summed E-state index contributed by atoms with van der Waals surface area (Å²) in [6.45, 7) is 4.64. The van der Waals surface area contributed by atoms with Gasteiger partial charge in [-0.1, -0.05) is 36.8 Å². The number of hydrogen-bond donors (Lipinski definition) is 2. The molecule has 4 aromatic rings. The van der Waals surface area contributed by atoms with E-state index in [1.165, 1.54) is 19.3 Å². The standard InChI is InChI=1S/C31H35N7O2/c1-37-27(20-38-14-6-3-7-15-38)25(19-34-37)26-16-23-17-28(36-31(40)22-10-12-32-13-11-22)35-29(24(23)18-33-26)30(39)21-8-4-2-5-9-21/h2,4-5,8-9,16-19,22,32H,3,6-7,10-15,20H2,1H3,(H,35,36,40). The lowest BCUT2D eigenvalue weighted by Crippen LogP contribution is -2.34. The Hall–Kier alpha value is -3.95. The maximum absolute atomic E-state index is 13.6. The number of fused-ring (bicyclic) bond motifs is 1. The van der Waals surface area contributed by atoms with E-state index in [0.717, 1.165) is 67.9 Å². The lowest BCUT2D eigenvalue weighted by atomic mass is 9.97. The van der Waals surface area contributed by atoms with Gasteiger partial charge in [-0.05, 0) is 69.4 Å². The molecule has 0 bridgehead atoms. The Morgan fingerprint density at radius 3 is 2.58 bits per heavy atom. The number of piperidine rings is 2. The van der Waals surface area contributed by atoms with E-state index in [1.807, 2.05) is 48.3 Å². The smallest absolute Gasteiger partial charge is 0.228 e. The summed E-state index contributed by atoms with van der Waals surface area (Å²) in [6.07, 6.45) is 8.88. The number of carbonyl (C=O) groups excluding carboxylic acids is 2. The van der Waals surface area contributed by atoms with Gasteiger partial charge in [-0.15, -0.1) is 0 Å². The molecule has 2 aliphatic heterocycles. The van der Waals surface area contributed by atoms with Crippen LogP contribution in [0.15, 0.2) is 54.9 Å². The fourth-order valence-electron chi connectivity index (χ4n) is 5.77. The molecule has 5 heterocycles. The normalized spacial score (nSPS) is 16.7. The summed E-state index contributed by atoms with van der Waals surface area (Å²) in [5.74, 6) is 0.0436. The van der Waals surface area contributed by atoms with Crippen LogP contribution >= 0.6 is 0 Å². The SMILES string of the molecule is Cn1ncc(-c2cc3cc(NC(=O)C4CCNCC4)nc(C(=O)c4ccccc4)c3cn2)c1CN1CCCCC1. The van der Waals surface area contributed by atoms with Gasteiger partial charge in [-0.3, -0.25) is 24.2 Å². The number of rotatable bonds is 7. The molecule has 6 rings (SSSR count). The molecule has 1 amide bonds. The maximum atomic E-state index is 13.6. The molecule has 0 unspecified atom stereocenters. The fourth-order valence-corrected chi connectivity index (χ4v) is 5.77. The van der Waals surface area contributed by atoms with E-state index >= 15 is 0 Å². The van der Waals surface area contributed by atoms with Gasteiger partial charge in [0, 0.05) is 42.2 Å². The summed E-state index contributed by atoms with van der Waals surface area (Å²) in [5.41, 5.74) is 3.69. The molecule has 0 saturated carbocycles. The quantitative estimate of drug-likeness (QED) is 0.341. The van der Waals surface area contributed by atoms with Crippen molar-refractivity contribution in [3.63, 3.8) is 0 Å². The summed E-state index contributed by atoms with van der Waals surface area (Å²) in [4.78, 5) is 38.6. The molecule has 0 atom stereocenters. The third-order valence-corrected chi connectivity index (χ3v) is 8.09. The van der Waals surface area contributed by atoms with Gasteiger partial charge in [-0.25, -0.2) is 4.98 Å². The molecule has 206 valence electrons. The second kappa shape index (κ2) is 11.7. The molecular weight excluding hydrogens is 502 g/mol. The molecule has 2 N–H and O–H groups in total. The van der Waals surface area contributed by atoms with Gasteiger partial charge in [-0.2, -0.15) is 5.10 Å². The fraction of sp³-hybridized carbons (Fsp3) is 0.387. The Morgan fingerprint density at radius 2 is 1.80 bits per heavy atom. The largest absolute Gasteiger partial charge is 0.317 e. The van der Waals surface area contributed by atoms with Crippen LogP contribution in [0.4, 0.5) is 5.82 Å². The third kappa shape index (κ3) is 5.52. The molecule has 2 aliphatic rings. The second-order valence-corrected chi connectivity index (χ2v) is 10.8. The molecular formula is C31H35N7O2. The summed E-state index contributed by atoms with van der Waals surface area (Å²) >= 11 is 0. The van der Waals surface area contributed by atoms with Gasteiger partial charge < -0.3 is 10.6 Å². The first-order valence-electron chi connectivity index (χ1n) is 14.2. The third-order valence-electron chi connectivity index (χ3n) is 8.09. The summed E-state index contributed by atoms with van der Waals surface area (Å²) in [7, 11) is 1.97. The highest BCUT2D eigenvalue weighted by molar-refractivity contribution is 6.15. The van der Waals surface area contributed by atoms with Crippen molar-refractivity contribution in [1.82, 2.24) is 30.0 Å². The van der Waals surface area contributed by atoms with Gasteiger partial charge in [0.1, 0.15) is 11.5 Å². The highest BCUT2D eigenvalue weighted by Crippen LogP contribution is 2.30. The highest BCUT2D eigenvalue weighted by atomic mass is 16.2. The lowest BCUT2D eigenvalue weighted by Gasteiger charge is -2.26. The van der Waals surface area contributed by atoms with Gasteiger partial charge in [0.2, 0.25) is 11.7 Å². The number of aryl methyl sites for hydroxylation is 1. The van der Waals surface area contributed by atoms with Crippen LogP contribution in [0, 0.1) is 5.92 Å². The number of anilines is 1. The average molecular weight is 538 g/mol. The summed E-state index contributed by atoms with van der Waals surface area (Å²) in [6, 6.07) is 12.9. The molecule has 0 spiro atoms. The van der Waals surface area contributed by atoms with E-state index in [0.29, 0.717) is 16.8 Å². The van der Waals surface area contributed by atoms with Crippen molar-refractivity contribution in [3.8, 4) is 11.3 Å². The lowest BCUT2D eigenvalue weighted by molar-refractivity contribution is -0.120. The number of carbonyl (C=O) groups is 2. The van der Waals surface area contributed by atoms with Crippen molar-refractivity contribution in [3.05, 3.63) is 71.8 Å². The van der Waals surface area contributed by atoms with Gasteiger partial charge in [0.05, 0.1) is 17.6 Å². The van der Waals surface area contributed by atoms with Crippen LogP contribution in [0.1, 0.15) is 53.8 Å². The first-order chi connectivity index (χ1) is 19.6. The van der Waals surface area contributed by atoms with Crippen molar-refractivity contribution in [2.45, 2.75) is 38.6 Å². The maximum Gasteiger partial charge on any atom is 0.228 e. The Balaban J connectivity index is 1.39. The first kappa shape index (κ1) is 26.3. The molecule has 0 aliphatic carbocycles. The Kier molecular flexibility index (Phi) is 7.66. The van der Waals surface area contributed by atoms with Crippen LogP contribution in [0.5, 0.6) is 0 Å². The monoisotopic (exact) mass is 537 g/mol. The minimum absolute atomic E-state index is 0.0585. The number of nitrogens with zero attached hydrogens (tertiary/aromatic N) is 5. The number of hydrogen-bond acceptors (Lipinski definition) is 7. The zero-order valence-electron chi connectivity index (χ0n) is 22.9. The van der Waals surface area contributed by atoms with Crippen LogP contribution in [0.3, 0.4) is 0 Å². The van der Waals surface area contributed by atoms with Crippen LogP contribution in [-0.4, -0.2) is 62.5 Å².